The van der Waals surface area contributed by atoms with E-state index >= 15 is 0 Å². The van der Waals surface area contributed by atoms with E-state index in [1.807, 2.05) is 6.21 Å². The zero-order valence-electron chi connectivity index (χ0n) is 16.2. The van der Waals surface area contributed by atoms with Gasteiger partial charge in [-0.25, -0.2) is 0 Å². The number of rotatable bonds is 0. The molecule has 0 radical (unpaired) electrons. The van der Waals surface area contributed by atoms with Gasteiger partial charge in [-0.2, -0.15) is 0 Å². The molecule has 0 aromatic carbocycles. The summed E-state index contributed by atoms with van der Waals surface area (Å²) in [6.45, 7) is 1.67. The van der Waals surface area contributed by atoms with Crippen LogP contribution in [0, 0.1) is 0 Å². The van der Waals surface area contributed by atoms with Crippen molar-refractivity contribution in [2.45, 2.75) is 88.6 Å². The lowest BCUT2D eigenvalue weighted by atomic mass is 9.90. The lowest BCUT2D eigenvalue weighted by Crippen LogP contribution is -2.48. The lowest BCUT2D eigenvalue weighted by molar-refractivity contribution is 0.300. The van der Waals surface area contributed by atoms with Crippen LogP contribution in [0.5, 0.6) is 0 Å². The van der Waals surface area contributed by atoms with Gasteiger partial charge in [-0.05, 0) is 50.1 Å². The highest BCUT2D eigenvalue weighted by atomic mass is 15.0. The second kappa shape index (κ2) is 9.47. The SMILES string of the molecule is C1=C\N[C@@H]2CCCC[C@H]2NCc2cccc(n2)CNC2CCCC[C@H]2/N=C/1. The number of nitrogens with one attached hydrogen (secondary N) is 3. The summed E-state index contributed by atoms with van der Waals surface area (Å²) in [4.78, 5) is 9.74. The van der Waals surface area contributed by atoms with Gasteiger partial charge in [0.1, 0.15) is 0 Å². The van der Waals surface area contributed by atoms with Crippen molar-refractivity contribution in [3.05, 3.63) is 41.9 Å². The Hall–Kier alpha value is -1.72. The molecule has 27 heavy (non-hydrogen) atoms. The molecule has 5 heteroatoms. The summed E-state index contributed by atoms with van der Waals surface area (Å²) in [5.41, 5.74) is 2.27. The van der Waals surface area contributed by atoms with Crippen LogP contribution in [0.25, 0.3) is 0 Å². The monoisotopic (exact) mass is 367 g/mol. The predicted octanol–water partition coefficient (Wildman–Crippen LogP) is 3.07. The number of aromatic nitrogens is 1. The van der Waals surface area contributed by atoms with Crippen molar-refractivity contribution in [3.8, 4) is 0 Å². The van der Waals surface area contributed by atoms with Crippen LogP contribution in [0.15, 0.2) is 35.5 Å². The highest BCUT2D eigenvalue weighted by Crippen LogP contribution is 2.22. The van der Waals surface area contributed by atoms with Crippen molar-refractivity contribution in [1.29, 1.82) is 0 Å². The van der Waals surface area contributed by atoms with Gasteiger partial charge in [0, 0.05) is 37.4 Å². The van der Waals surface area contributed by atoms with Gasteiger partial charge in [-0.15, -0.1) is 0 Å². The van der Waals surface area contributed by atoms with Gasteiger partial charge in [0.05, 0.1) is 17.4 Å². The van der Waals surface area contributed by atoms with Crippen LogP contribution < -0.4 is 16.0 Å². The third-order valence-electron chi connectivity index (χ3n) is 6.22. The van der Waals surface area contributed by atoms with Gasteiger partial charge < -0.3 is 16.0 Å². The van der Waals surface area contributed by atoms with E-state index in [1.54, 1.807) is 0 Å². The predicted molar refractivity (Wildman–Crippen MR) is 111 cm³/mol. The van der Waals surface area contributed by atoms with E-state index in [4.69, 9.17) is 9.98 Å². The Morgan fingerprint density at radius 1 is 0.778 bits per heavy atom. The molecule has 1 aromatic heterocycles. The number of hydrogen-bond donors (Lipinski definition) is 3. The molecule has 1 unspecified atom stereocenters. The molecule has 3 N–H and O–H groups in total. The molecule has 0 saturated heterocycles. The third kappa shape index (κ3) is 5.17. The van der Waals surface area contributed by atoms with Crippen molar-refractivity contribution in [2.75, 3.05) is 0 Å². The fraction of sp³-hybridized carbons (Fsp3) is 0.636. The highest BCUT2D eigenvalue weighted by Gasteiger charge is 2.25. The molecule has 1 aromatic rings. The molecule has 5 nitrogen and oxygen atoms in total. The summed E-state index contributed by atoms with van der Waals surface area (Å²) in [6, 6.07) is 8.23. The van der Waals surface area contributed by atoms with Gasteiger partial charge in [0.15, 0.2) is 0 Å². The molecule has 2 heterocycles. The summed E-state index contributed by atoms with van der Waals surface area (Å²) >= 11 is 0. The molecule has 2 aliphatic carbocycles. The first-order chi connectivity index (χ1) is 13.4. The topological polar surface area (TPSA) is 61.3 Å². The molecule has 3 aliphatic rings. The van der Waals surface area contributed by atoms with Gasteiger partial charge in [0.2, 0.25) is 0 Å². The van der Waals surface area contributed by atoms with Crippen LogP contribution >= 0.6 is 0 Å². The molecule has 1 aliphatic heterocycles. The largest absolute Gasteiger partial charge is 0.387 e. The molecule has 2 bridgehead atoms. The van der Waals surface area contributed by atoms with Gasteiger partial charge in [-0.1, -0.05) is 31.7 Å². The molecule has 2 fully saturated rings. The van der Waals surface area contributed by atoms with Crippen molar-refractivity contribution in [2.24, 2.45) is 4.99 Å². The number of allylic oxidation sites excluding steroid dienone is 1. The van der Waals surface area contributed by atoms with Gasteiger partial charge >= 0.3 is 0 Å². The van der Waals surface area contributed by atoms with E-state index < -0.39 is 0 Å². The third-order valence-corrected chi connectivity index (χ3v) is 6.22. The van der Waals surface area contributed by atoms with E-state index in [0.717, 1.165) is 24.5 Å². The Bertz CT molecular complexity index is 656. The standard InChI is InChI=1S/C22H33N5/c1-3-11-21-19(9-1)23-13-6-14-24-20-10-2-4-12-22(20)26-16-18-8-5-7-17(27-18)15-25-21/h5-8,13-14,19-23,25-26H,1-4,9-12,15-16H2/b13-6-,24-14+/t19-,20-,21-,22?/m1/s1. The first-order valence-electron chi connectivity index (χ1n) is 10.7. The first kappa shape index (κ1) is 18.6. The Kier molecular flexibility index (Phi) is 6.53. The fourth-order valence-corrected chi connectivity index (χ4v) is 4.68. The zero-order valence-corrected chi connectivity index (χ0v) is 16.2. The van der Waals surface area contributed by atoms with E-state index in [1.165, 1.54) is 51.4 Å². The molecular weight excluding hydrogens is 334 g/mol. The maximum absolute atomic E-state index is 4.88. The average Bonchev–Trinajstić information content (AvgIpc) is 2.71. The molecule has 146 valence electrons. The van der Waals surface area contributed by atoms with E-state index in [2.05, 4.69) is 46.4 Å². The van der Waals surface area contributed by atoms with E-state index in [9.17, 15) is 0 Å². The summed E-state index contributed by atoms with van der Waals surface area (Å²) in [7, 11) is 0. The van der Waals surface area contributed by atoms with Crippen LogP contribution in [-0.4, -0.2) is 35.4 Å². The fourth-order valence-electron chi connectivity index (χ4n) is 4.68. The highest BCUT2D eigenvalue weighted by molar-refractivity contribution is 5.71. The molecule has 4 rings (SSSR count). The minimum absolute atomic E-state index is 0.378. The number of nitrogens with zero attached hydrogens (tertiary/aromatic N) is 2. The maximum Gasteiger partial charge on any atom is 0.0652 e. The Morgan fingerprint density at radius 2 is 1.44 bits per heavy atom. The number of fused-ring (bicyclic) bond motifs is 4. The van der Waals surface area contributed by atoms with Gasteiger partial charge in [-0.3, -0.25) is 9.98 Å². The molecule has 0 amide bonds. The summed E-state index contributed by atoms with van der Waals surface area (Å²) in [5.74, 6) is 0. The minimum Gasteiger partial charge on any atom is -0.387 e. The first-order valence-corrected chi connectivity index (χ1v) is 10.7. The smallest absolute Gasteiger partial charge is 0.0652 e. The van der Waals surface area contributed by atoms with Crippen molar-refractivity contribution >= 4 is 6.21 Å². The van der Waals surface area contributed by atoms with Gasteiger partial charge in [0.25, 0.3) is 0 Å². The van der Waals surface area contributed by atoms with Crippen LogP contribution in [0.3, 0.4) is 0 Å². The number of pyridine rings is 1. The molecule has 2 saturated carbocycles. The second-order valence-electron chi connectivity index (χ2n) is 8.16. The van der Waals surface area contributed by atoms with E-state index in [-0.39, 0.29) is 0 Å². The quantitative estimate of drug-likeness (QED) is 0.659. The molecular formula is C22H33N5. The van der Waals surface area contributed by atoms with Crippen LogP contribution in [0.4, 0.5) is 0 Å². The summed E-state index contributed by atoms with van der Waals surface area (Å²) < 4.78 is 0. The van der Waals surface area contributed by atoms with Crippen molar-refractivity contribution in [3.63, 3.8) is 0 Å². The average molecular weight is 368 g/mol. The summed E-state index contributed by atoms with van der Waals surface area (Å²) in [6.07, 6.45) is 16.2. The second-order valence-corrected chi connectivity index (χ2v) is 8.16. The zero-order chi connectivity index (χ0) is 18.3. The molecule has 4 atom stereocenters. The van der Waals surface area contributed by atoms with Crippen LogP contribution in [-0.2, 0) is 13.1 Å². The molecule has 0 spiro atoms. The summed E-state index contributed by atoms with van der Waals surface area (Å²) in [5, 5.41) is 11.1. The van der Waals surface area contributed by atoms with Crippen molar-refractivity contribution in [1.82, 2.24) is 20.9 Å². The van der Waals surface area contributed by atoms with Crippen molar-refractivity contribution < 1.29 is 0 Å². The minimum atomic E-state index is 0.378. The van der Waals surface area contributed by atoms with E-state index in [0.29, 0.717) is 24.2 Å². The normalized spacial score (nSPS) is 34.5. The van der Waals surface area contributed by atoms with Crippen LogP contribution in [0.1, 0.15) is 62.8 Å². The number of aliphatic imine (C=N–C) groups is 1. The number of hydrogen-bond acceptors (Lipinski definition) is 5. The van der Waals surface area contributed by atoms with Crippen LogP contribution in [0.2, 0.25) is 0 Å². The maximum atomic E-state index is 4.88. The Balaban J connectivity index is 1.52. The Labute approximate surface area is 163 Å². The Morgan fingerprint density at radius 3 is 2.26 bits per heavy atom. The lowest BCUT2D eigenvalue weighted by Gasteiger charge is -2.32.